The van der Waals surface area contributed by atoms with Crippen LogP contribution >= 0.6 is 0 Å². The molecule has 0 aliphatic heterocycles. The van der Waals surface area contributed by atoms with E-state index in [-0.39, 0.29) is 6.47 Å². The summed E-state index contributed by atoms with van der Waals surface area (Å²) in [5.41, 5.74) is -1.25. The summed E-state index contributed by atoms with van der Waals surface area (Å²) in [5, 5.41) is 12.8. The van der Waals surface area contributed by atoms with Crippen LogP contribution in [-0.2, 0) is 14.3 Å². The molecule has 0 aromatic heterocycles. The molecule has 15 heavy (non-hydrogen) atoms. The molecule has 0 fully saturated rings. The Morgan fingerprint density at radius 2 is 2.00 bits per heavy atom. The van der Waals surface area contributed by atoms with Crippen molar-refractivity contribution >= 4 is 18.5 Å². The Morgan fingerprint density at radius 1 is 1.47 bits per heavy atom. The highest BCUT2D eigenvalue weighted by Crippen LogP contribution is 2.14. The Morgan fingerprint density at radius 3 is 2.33 bits per heavy atom. The molecule has 7 heteroatoms. The summed E-state index contributed by atoms with van der Waals surface area (Å²) in [6.07, 6.45) is -1.37. The molecule has 0 aliphatic rings. The third kappa shape index (κ3) is 3.84. The number of hydrogen-bond donors (Lipinski definition) is 3. The van der Waals surface area contributed by atoms with E-state index >= 15 is 0 Å². The maximum atomic E-state index is 11.3. The second-order valence-corrected chi connectivity index (χ2v) is 3.31. The molecule has 0 heterocycles. The fourth-order valence-corrected chi connectivity index (χ4v) is 1.01. The van der Waals surface area contributed by atoms with Crippen LogP contribution in [0, 0.1) is 0 Å². The molecule has 3 N–H and O–H groups in total. The lowest BCUT2D eigenvalue weighted by molar-refractivity contribution is -0.146. The van der Waals surface area contributed by atoms with E-state index in [1.165, 1.54) is 20.9 Å². The maximum absolute atomic E-state index is 11.3. The largest absolute Gasteiger partial charge is 0.465 e. The smallest absolute Gasteiger partial charge is 0.405 e. The molecule has 0 spiro atoms. The first-order chi connectivity index (χ1) is 6.85. The second kappa shape index (κ2) is 5.18. The highest BCUT2D eigenvalue weighted by atomic mass is 16.5. The third-order valence-electron chi connectivity index (χ3n) is 1.82. The molecule has 0 bridgehead atoms. The van der Waals surface area contributed by atoms with Crippen molar-refractivity contribution in [3.8, 4) is 0 Å². The van der Waals surface area contributed by atoms with Crippen molar-refractivity contribution in [2.24, 2.45) is 0 Å². The fourth-order valence-electron chi connectivity index (χ4n) is 1.01. The number of ether oxygens (including phenoxy) is 1. The Balaban J connectivity index is 4.82. The highest BCUT2D eigenvalue weighted by Gasteiger charge is 2.37. The van der Waals surface area contributed by atoms with E-state index in [1.54, 1.807) is 0 Å². The number of rotatable bonds is 5. The minimum absolute atomic E-state index is 0.166. The van der Waals surface area contributed by atoms with Gasteiger partial charge in [0.1, 0.15) is 11.6 Å². The number of nitrogens with one attached hydrogen (secondary N) is 2. The van der Waals surface area contributed by atoms with Crippen LogP contribution in [0.4, 0.5) is 4.79 Å². The maximum Gasteiger partial charge on any atom is 0.405 e. The van der Waals surface area contributed by atoms with Crippen molar-refractivity contribution in [2.45, 2.75) is 25.5 Å². The van der Waals surface area contributed by atoms with Gasteiger partial charge in [-0.25, -0.2) is 4.79 Å². The average Bonchev–Trinajstić information content (AvgIpc) is 2.12. The Kier molecular flexibility index (Phi) is 4.56. The predicted molar refractivity (Wildman–Crippen MR) is 50.2 cm³/mol. The highest BCUT2D eigenvalue weighted by molar-refractivity contribution is 5.86. The summed E-state index contributed by atoms with van der Waals surface area (Å²) >= 11 is 0. The summed E-state index contributed by atoms with van der Waals surface area (Å²) in [7, 11) is 1.36. The lowest BCUT2D eigenvalue weighted by Crippen LogP contribution is -2.58. The lowest BCUT2D eigenvalue weighted by Gasteiger charge is -2.30. The molecule has 0 saturated heterocycles. The molecule has 7 nitrogen and oxygen atoms in total. The molecule has 2 amide bonds. The van der Waals surface area contributed by atoms with Gasteiger partial charge < -0.3 is 20.5 Å². The van der Waals surface area contributed by atoms with Crippen molar-refractivity contribution in [1.29, 1.82) is 0 Å². The Bertz CT molecular complexity index is 264. The van der Waals surface area contributed by atoms with Crippen LogP contribution in [0.15, 0.2) is 0 Å². The predicted octanol–water partition coefficient (Wildman–Crippen LogP) is -0.680. The topological polar surface area (TPSA) is 105 Å². The van der Waals surface area contributed by atoms with Crippen molar-refractivity contribution < 1.29 is 24.2 Å². The number of amides is 2. The summed E-state index contributed by atoms with van der Waals surface area (Å²) in [6.45, 7) is 3.02. The molecule has 0 aliphatic carbocycles. The van der Waals surface area contributed by atoms with E-state index in [0.29, 0.717) is 0 Å². The molecule has 0 aromatic rings. The van der Waals surface area contributed by atoms with Gasteiger partial charge in [0, 0.05) is 7.05 Å². The first-order valence-electron chi connectivity index (χ1n) is 4.17. The number of likely N-dealkylation sites (N-methyl/N-ethyl adjacent to an activating group) is 1. The van der Waals surface area contributed by atoms with E-state index in [1.807, 2.05) is 5.32 Å². The van der Waals surface area contributed by atoms with Gasteiger partial charge in [0.25, 0.3) is 6.47 Å². The van der Waals surface area contributed by atoms with Gasteiger partial charge in [-0.1, -0.05) is 0 Å². The molecule has 0 radical (unpaired) electrons. The van der Waals surface area contributed by atoms with Gasteiger partial charge in [0.05, 0.1) is 0 Å². The van der Waals surface area contributed by atoms with Crippen LogP contribution in [0.25, 0.3) is 0 Å². The standard InChI is InChI=1S/C8H14N2O5/c1-8(2,15-4-11)5(6(12)9-3)10-7(13)14/h4-5,10H,1-3H3,(H,9,12)(H,13,14). The minimum atomic E-state index is -1.37. The van der Waals surface area contributed by atoms with E-state index in [4.69, 9.17) is 5.11 Å². The number of carboxylic acid groups (broad SMARTS) is 1. The third-order valence-corrected chi connectivity index (χ3v) is 1.82. The van der Waals surface area contributed by atoms with Gasteiger partial charge in [0.15, 0.2) is 0 Å². The van der Waals surface area contributed by atoms with Gasteiger partial charge in [0.2, 0.25) is 5.91 Å². The number of carbonyl (C=O) groups is 3. The zero-order chi connectivity index (χ0) is 12.1. The second-order valence-electron chi connectivity index (χ2n) is 3.31. The normalized spacial score (nSPS) is 12.5. The van der Waals surface area contributed by atoms with E-state index in [0.717, 1.165) is 0 Å². The monoisotopic (exact) mass is 218 g/mol. The molecular formula is C8H14N2O5. The fraction of sp³-hybridized carbons (Fsp3) is 0.625. The minimum Gasteiger partial charge on any atom is -0.465 e. The molecule has 0 saturated carbocycles. The first kappa shape index (κ1) is 13.2. The average molecular weight is 218 g/mol. The number of carbonyl (C=O) groups excluding carboxylic acids is 2. The Labute approximate surface area is 86.8 Å². The van der Waals surface area contributed by atoms with Crippen molar-refractivity contribution in [1.82, 2.24) is 10.6 Å². The van der Waals surface area contributed by atoms with E-state index in [9.17, 15) is 14.4 Å². The lowest BCUT2D eigenvalue weighted by atomic mass is 9.98. The molecular weight excluding hydrogens is 204 g/mol. The summed E-state index contributed by atoms with van der Waals surface area (Å²) in [4.78, 5) is 32.0. The van der Waals surface area contributed by atoms with E-state index in [2.05, 4.69) is 10.1 Å². The van der Waals surface area contributed by atoms with Gasteiger partial charge in [-0.15, -0.1) is 0 Å². The molecule has 0 rings (SSSR count). The summed E-state index contributed by atoms with van der Waals surface area (Å²) < 4.78 is 4.65. The van der Waals surface area contributed by atoms with Crippen molar-refractivity contribution in [2.75, 3.05) is 7.05 Å². The molecule has 1 atom stereocenters. The zero-order valence-corrected chi connectivity index (χ0v) is 8.73. The zero-order valence-electron chi connectivity index (χ0n) is 8.73. The first-order valence-corrected chi connectivity index (χ1v) is 4.17. The van der Waals surface area contributed by atoms with Crippen LogP contribution < -0.4 is 10.6 Å². The van der Waals surface area contributed by atoms with Crippen LogP contribution in [0.5, 0.6) is 0 Å². The van der Waals surface area contributed by atoms with Crippen LogP contribution in [0.1, 0.15) is 13.8 Å². The van der Waals surface area contributed by atoms with Crippen molar-refractivity contribution in [3.05, 3.63) is 0 Å². The SMILES string of the molecule is CNC(=O)C(NC(=O)O)C(C)(C)OC=O. The van der Waals surface area contributed by atoms with Gasteiger partial charge in [-0.3, -0.25) is 9.59 Å². The van der Waals surface area contributed by atoms with Crippen LogP contribution in [0.2, 0.25) is 0 Å². The van der Waals surface area contributed by atoms with Crippen LogP contribution in [0.3, 0.4) is 0 Å². The Hall–Kier alpha value is -1.79. The van der Waals surface area contributed by atoms with E-state index < -0.39 is 23.6 Å². The quantitative estimate of drug-likeness (QED) is 0.530. The summed E-state index contributed by atoms with van der Waals surface area (Å²) in [6, 6.07) is -1.16. The van der Waals surface area contributed by atoms with Gasteiger partial charge >= 0.3 is 6.09 Å². The van der Waals surface area contributed by atoms with Gasteiger partial charge in [-0.2, -0.15) is 0 Å². The van der Waals surface area contributed by atoms with Crippen LogP contribution in [-0.4, -0.2) is 42.3 Å². The van der Waals surface area contributed by atoms with Crippen molar-refractivity contribution in [3.63, 3.8) is 0 Å². The number of hydrogen-bond acceptors (Lipinski definition) is 4. The molecule has 0 aromatic carbocycles. The molecule has 1 unspecified atom stereocenters. The molecule has 86 valence electrons. The summed E-state index contributed by atoms with van der Waals surface area (Å²) in [5.74, 6) is -0.579. The van der Waals surface area contributed by atoms with Gasteiger partial charge in [-0.05, 0) is 13.8 Å².